The molecule has 1 heterocycles. The van der Waals surface area contributed by atoms with Gasteiger partial charge in [0.05, 0.1) is 11.4 Å². The van der Waals surface area contributed by atoms with Gasteiger partial charge in [-0.15, -0.1) is 11.8 Å². The molecule has 6 heteroatoms. The van der Waals surface area contributed by atoms with Crippen LogP contribution in [-0.4, -0.2) is 42.1 Å². The highest BCUT2D eigenvalue weighted by Gasteiger charge is 2.20. The molecule has 2 rings (SSSR count). The van der Waals surface area contributed by atoms with E-state index in [1.54, 1.807) is 24.1 Å². The van der Waals surface area contributed by atoms with Gasteiger partial charge >= 0.3 is 0 Å². The first-order valence-corrected chi connectivity index (χ1v) is 7.05. The average Bonchev–Trinajstić information content (AvgIpc) is 2.43. The highest BCUT2D eigenvalue weighted by atomic mass is 32.2. The van der Waals surface area contributed by atoms with Crippen LogP contribution < -0.4 is 11.1 Å². The standard InChI is InChI=1S/C13H17N3O2S/c1-8(6-14)16(2)13(18)9-3-4-11-10(5-9)15-12(17)7-19-11/h3-5,8H,6-7,14H2,1-2H3,(H,15,17). The van der Waals surface area contributed by atoms with Gasteiger partial charge in [-0.3, -0.25) is 9.59 Å². The number of likely N-dealkylation sites (N-methyl/N-ethyl adjacent to an activating group) is 1. The number of carbonyl (C=O) groups excluding carboxylic acids is 2. The number of nitrogens with one attached hydrogen (secondary N) is 1. The zero-order chi connectivity index (χ0) is 14.0. The quantitative estimate of drug-likeness (QED) is 0.870. The fraction of sp³-hybridized carbons (Fsp3) is 0.385. The van der Waals surface area contributed by atoms with Crippen LogP contribution in [0.1, 0.15) is 17.3 Å². The molecular weight excluding hydrogens is 262 g/mol. The first-order chi connectivity index (χ1) is 9.02. The molecule has 19 heavy (non-hydrogen) atoms. The molecule has 3 N–H and O–H groups in total. The molecule has 1 aliphatic heterocycles. The Morgan fingerprint density at radius 3 is 3.00 bits per heavy atom. The zero-order valence-electron chi connectivity index (χ0n) is 11.0. The van der Waals surface area contributed by atoms with Crippen molar-refractivity contribution in [2.24, 2.45) is 5.73 Å². The fourth-order valence-corrected chi connectivity index (χ4v) is 2.57. The molecule has 0 saturated heterocycles. The summed E-state index contributed by atoms with van der Waals surface area (Å²) in [5.74, 6) is 0.293. The van der Waals surface area contributed by atoms with Crippen LogP contribution in [0.5, 0.6) is 0 Å². The van der Waals surface area contributed by atoms with Crippen molar-refractivity contribution in [3.63, 3.8) is 0 Å². The number of thioether (sulfide) groups is 1. The van der Waals surface area contributed by atoms with Crippen molar-refractivity contribution < 1.29 is 9.59 Å². The van der Waals surface area contributed by atoms with Crippen LogP contribution in [-0.2, 0) is 4.79 Å². The molecule has 1 atom stereocenters. The van der Waals surface area contributed by atoms with Gasteiger partial charge < -0.3 is 16.0 Å². The van der Waals surface area contributed by atoms with E-state index in [9.17, 15) is 9.59 Å². The highest BCUT2D eigenvalue weighted by molar-refractivity contribution is 8.00. The molecule has 5 nitrogen and oxygen atoms in total. The molecule has 0 radical (unpaired) electrons. The maximum absolute atomic E-state index is 12.3. The lowest BCUT2D eigenvalue weighted by Gasteiger charge is -2.24. The van der Waals surface area contributed by atoms with Crippen LogP contribution in [0.3, 0.4) is 0 Å². The highest BCUT2D eigenvalue weighted by Crippen LogP contribution is 2.32. The number of benzene rings is 1. The van der Waals surface area contributed by atoms with Gasteiger partial charge in [0.25, 0.3) is 5.91 Å². The molecule has 0 aromatic heterocycles. The normalized spacial score (nSPS) is 15.4. The minimum Gasteiger partial charge on any atom is -0.338 e. The van der Waals surface area contributed by atoms with Crippen molar-refractivity contribution in [3.8, 4) is 0 Å². The lowest BCUT2D eigenvalue weighted by atomic mass is 10.1. The van der Waals surface area contributed by atoms with Crippen LogP contribution in [0.2, 0.25) is 0 Å². The van der Waals surface area contributed by atoms with E-state index in [2.05, 4.69) is 5.32 Å². The third-order valence-electron chi connectivity index (χ3n) is 3.18. The molecule has 1 aromatic rings. The first kappa shape index (κ1) is 13.9. The van der Waals surface area contributed by atoms with Crippen molar-refractivity contribution in [2.75, 3.05) is 24.7 Å². The third kappa shape index (κ3) is 2.90. The van der Waals surface area contributed by atoms with E-state index in [-0.39, 0.29) is 17.9 Å². The van der Waals surface area contributed by atoms with Crippen LogP contribution in [0.15, 0.2) is 23.1 Å². The van der Waals surface area contributed by atoms with Gasteiger partial charge in [-0.2, -0.15) is 0 Å². The van der Waals surface area contributed by atoms with Crippen molar-refractivity contribution in [1.82, 2.24) is 4.90 Å². The summed E-state index contributed by atoms with van der Waals surface area (Å²) in [7, 11) is 1.73. The number of carbonyl (C=O) groups is 2. The Hall–Kier alpha value is -1.53. The fourth-order valence-electron chi connectivity index (χ4n) is 1.78. The van der Waals surface area contributed by atoms with E-state index in [0.29, 0.717) is 23.5 Å². The topological polar surface area (TPSA) is 75.4 Å². The molecule has 0 aliphatic carbocycles. The number of hydrogen-bond acceptors (Lipinski definition) is 4. The number of nitrogens with zero attached hydrogens (tertiary/aromatic N) is 1. The summed E-state index contributed by atoms with van der Waals surface area (Å²) in [6.07, 6.45) is 0. The summed E-state index contributed by atoms with van der Waals surface area (Å²) >= 11 is 1.48. The summed E-state index contributed by atoms with van der Waals surface area (Å²) in [5, 5.41) is 2.78. The van der Waals surface area contributed by atoms with E-state index in [0.717, 1.165) is 4.90 Å². The second kappa shape index (κ2) is 5.63. The molecule has 1 aromatic carbocycles. The number of rotatable bonds is 3. The van der Waals surface area contributed by atoms with Crippen molar-refractivity contribution >= 4 is 29.3 Å². The summed E-state index contributed by atoms with van der Waals surface area (Å²) in [5.41, 5.74) is 6.83. The maximum atomic E-state index is 12.3. The lowest BCUT2D eigenvalue weighted by Crippen LogP contribution is -2.39. The van der Waals surface area contributed by atoms with Gasteiger partial charge in [0.15, 0.2) is 0 Å². The minimum absolute atomic E-state index is 0.0208. The predicted octanol–water partition coefficient (Wildman–Crippen LogP) is 1.15. The average molecular weight is 279 g/mol. The molecule has 102 valence electrons. The second-order valence-corrected chi connectivity index (χ2v) is 5.57. The molecule has 1 unspecified atom stereocenters. The molecule has 0 saturated carbocycles. The van der Waals surface area contributed by atoms with E-state index >= 15 is 0 Å². The predicted molar refractivity (Wildman–Crippen MR) is 76.4 cm³/mol. The lowest BCUT2D eigenvalue weighted by molar-refractivity contribution is -0.113. The summed E-state index contributed by atoms with van der Waals surface area (Å²) in [6, 6.07) is 5.35. The summed E-state index contributed by atoms with van der Waals surface area (Å²) in [6.45, 7) is 2.31. The first-order valence-electron chi connectivity index (χ1n) is 6.07. The van der Waals surface area contributed by atoms with Crippen molar-refractivity contribution in [1.29, 1.82) is 0 Å². The largest absolute Gasteiger partial charge is 0.338 e. The van der Waals surface area contributed by atoms with Gasteiger partial charge in [-0.05, 0) is 25.1 Å². The third-order valence-corrected chi connectivity index (χ3v) is 4.26. The summed E-state index contributed by atoms with van der Waals surface area (Å²) in [4.78, 5) is 26.2. The Labute approximate surface area is 116 Å². The van der Waals surface area contributed by atoms with Crippen LogP contribution >= 0.6 is 11.8 Å². The molecule has 0 fully saturated rings. The van der Waals surface area contributed by atoms with Gasteiger partial charge in [-0.25, -0.2) is 0 Å². The van der Waals surface area contributed by atoms with Crippen LogP contribution in [0.4, 0.5) is 5.69 Å². The number of nitrogens with two attached hydrogens (primary N) is 1. The Kier molecular flexibility index (Phi) is 4.11. The van der Waals surface area contributed by atoms with Crippen molar-refractivity contribution in [3.05, 3.63) is 23.8 Å². The van der Waals surface area contributed by atoms with E-state index in [1.165, 1.54) is 11.8 Å². The maximum Gasteiger partial charge on any atom is 0.253 e. The van der Waals surface area contributed by atoms with E-state index in [4.69, 9.17) is 5.73 Å². The molecular formula is C13H17N3O2S. The van der Waals surface area contributed by atoms with Crippen LogP contribution in [0.25, 0.3) is 0 Å². The Balaban J connectivity index is 2.24. The number of anilines is 1. The number of fused-ring (bicyclic) bond motifs is 1. The zero-order valence-corrected chi connectivity index (χ0v) is 11.8. The second-order valence-electron chi connectivity index (χ2n) is 4.55. The number of hydrogen-bond donors (Lipinski definition) is 2. The van der Waals surface area contributed by atoms with E-state index < -0.39 is 0 Å². The van der Waals surface area contributed by atoms with E-state index in [1.807, 2.05) is 13.0 Å². The Morgan fingerprint density at radius 1 is 1.58 bits per heavy atom. The smallest absolute Gasteiger partial charge is 0.253 e. The number of amides is 2. The minimum atomic E-state index is -0.0921. The van der Waals surface area contributed by atoms with Gasteiger partial charge in [0, 0.05) is 30.1 Å². The molecule has 1 aliphatic rings. The van der Waals surface area contributed by atoms with Gasteiger partial charge in [0.2, 0.25) is 5.91 Å². The Morgan fingerprint density at radius 2 is 2.32 bits per heavy atom. The SMILES string of the molecule is CC(CN)N(C)C(=O)c1ccc2c(c1)NC(=O)CS2. The monoisotopic (exact) mass is 279 g/mol. The van der Waals surface area contributed by atoms with Crippen molar-refractivity contribution in [2.45, 2.75) is 17.9 Å². The van der Waals surface area contributed by atoms with Gasteiger partial charge in [0.1, 0.15) is 0 Å². The molecule has 0 bridgehead atoms. The van der Waals surface area contributed by atoms with Crippen LogP contribution in [0, 0.1) is 0 Å². The molecule has 0 spiro atoms. The summed E-state index contributed by atoms with van der Waals surface area (Å²) < 4.78 is 0. The molecule has 2 amide bonds. The Bertz CT molecular complexity index is 519. The van der Waals surface area contributed by atoms with Gasteiger partial charge in [-0.1, -0.05) is 0 Å².